The number of nitrogens with zero attached hydrogens (tertiary/aromatic N) is 1. The van der Waals surface area contributed by atoms with Gasteiger partial charge in [-0.15, -0.1) is 0 Å². The Labute approximate surface area is 175 Å². The zero-order valence-electron chi connectivity index (χ0n) is 15.0. The van der Waals surface area contributed by atoms with Crippen LogP contribution < -0.4 is 0 Å². The fourth-order valence-corrected chi connectivity index (χ4v) is 3.52. The summed E-state index contributed by atoms with van der Waals surface area (Å²) in [6.45, 7) is 1.95. The fourth-order valence-electron chi connectivity index (χ4n) is 2.89. The lowest BCUT2D eigenvalue weighted by atomic mass is 10.0. The molecule has 3 aromatic rings. The third kappa shape index (κ3) is 4.18. The van der Waals surface area contributed by atoms with E-state index in [9.17, 15) is 14.7 Å². The van der Waals surface area contributed by atoms with Crippen LogP contribution in [0.2, 0.25) is 5.02 Å². The third-order valence-electron chi connectivity index (χ3n) is 4.22. The Balaban J connectivity index is 2.02. The predicted octanol–water partition coefficient (Wildman–Crippen LogP) is 5.55. The van der Waals surface area contributed by atoms with Gasteiger partial charge in [0.2, 0.25) is 0 Å². The van der Waals surface area contributed by atoms with Crippen molar-refractivity contribution in [2.45, 2.75) is 19.8 Å². The lowest BCUT2D eigenvalue weighted by molar-refractivity contribution is -0.143. The number of carbonyl (C=O) groups is 2. The molecule has 28 heavy (non-hydrogen) atoms. The average Bonchev–Trinajstić information content (AvgIpc) is 2.69. The molecular formula is C21H17BrClNO4. The van der Waals surface area contributed by atoms with Gasteiger partial charge in [-0.1, -0.05) is 41.9 Å². The van der Waals surface area contributed by atoms with E-state index in [1.54, 1.807) is 19.1 Å². The number of Topliss-reactive ketones (excluding diaryl/α,β-unsaturated/α-hetero) is 1. The fraction of sp³-hybridized carbons (Fsp3) is 0.190. The largest absolute Gasteiger partial charge is 0.504 e. The Hall–Kier alpha value is -2.44. The van der Waals surface area contributed by atoms with E-state index in [0.717, 1.165) is 16.3 Å². The Morgan fingerprint density at radius 1 is 1.14 bits per heavy atom. The van der Waals surface area contributed by atoms with Crippen LogP contribution in [0.5, 0.6) is 5.75 Å². The second kappa shape index (κ2) is 8.71. The van der Waals surface area contributed by atoms with Crippen LogP contribution in [0.25, 0.3) is 22.0 Å². The molecule has 2 aromatic carbocycles. The highest BCUT2D eigenvalue weighted by molar-refractivity contribution is 9.10. The van der Waals surface area contributed by atoms with E-state index in [0.29, 0.717) is 15.2 Å². The van der Waals surface area contributed by atoms with Crippen molar-refractivity contribution >= 4 is 50.1 Å². The predicted molar refractivity (Wildman–Crippen MR) is 112 cm³/mol. The highest BCUT2D eigenvalue weighted by atomic mass is 79.9. The minimum Gasteiger partial charge on any atom is -0.504 e. The van der Waals surface area contributed by atoms with Crippen molar-refractivity contribution in [2.75, 3.05) is 6.61 Å². The molecule has 0 aliphatic rings. The van der Waals surface area contributed by atoms with Gasteiger partial charge in [-0.3, -0.25) is 9.59 Å². The van der Waals surface area contributed by atoms with Crippen LogP contribution in [0.15, 0.2) is 46.9 Å². The van der Waals surface area contributed by atoms with E-state index in [2.05, 4.69) is 20.9 Å². The number of aromatic hydroxyl groups is 1. The number of benzene rings is 2. The van der Waals surface area contributed by atoms with Gasteiger partial charge in [0.15, 0.2) is 11.5 Å². The molecule has 7 heteroatoms. The van der Waals surface area contributed by atoms with Crippen LogP contribution in [-0.4, -0.2) is 28.4 Å². The number of hydrogen-bond acceptors (Lipinski definition) is 5. The molecule has 0 atom stereocenters. The van der Waals surface area contributed by atoms with Crippen LogP contribution in [0.4, 0.5) is 0 Å². The topological polar surface area (TPSA) is 76.5 Å². The zero-order valence-corrected chi connectivity index (χ0v) is 17.4. The van der Waals surface area contributed by atoms with Crippen LogP contribution >= 0.6 is 27.5 Å². The second-order valence-electron chi connectivity index (χ2n) is 6.06. The first-order valence-corrected chi connectivity index (χ1v) is 9.85. The normalized spacial score (nSPS) is 10.8. The Kier molecular flexibility index (Phi) is 6.31. The molecule has 0 spiro atoms. The molecule has 0 aliphatic heterocycles. The van der Waals surface area contributed by atoms with Gasteiger partial charge in [0.05, 0.1) is 23.2 Å². The molecule has 0 fully saturated rings. The maximum atomic E-state index is 12.6. The molecule has 0 amide bonds. The lowest BCUT2D eigenvalue weighted by Crippen LogP contribution is -2.10. The Morgan fingerprint density at radius 3 is 2.57 bits per heavy atom. The van der Waals surface area contributed by atoms with Gasteiger partial charge in [-0.05, 0) is 40.4 Å². The van der Waals surface area contributed by atoms with Gasteiger partial charge < -0.3 is 9.84 Å². The summed E-state index contributed by atoms with van der Waals surface area (Å²) >= 11 is 9.57. The molecule has 1 heterocycles. The quantitative estimate of drug-likeness (QED) is 0.384. The molecule has 0 aliphatic carbocycles. The van der Waals surface area contributed by atoms with Crippen molar-refractivity contribution < 1.29 is 19.4 Å². The van der Waals surface area contributed by atoms with Crippen LogP contribution in [0, 0.1) is 0 Å². The second-order valence-corrected chi connectivity index (χ2v) is 7.32. The number of ether oxygens (including phenoxy) is 1. The number of aromatic nitrogens is 1. The van der Waals surface area contributed by atoms with Crippen molar-refractivity contribution in [1.29, 1.82) is 0 Å². The first-order chi connectivity index (χ1) is 13.4. The Morgan fingerprint density at radius 2 is 1.86 bits per heavy atom. The van der Waals surface area contributed by atoms with Crippen molar-refractivity contribution in [3.8, 4) is 17.0 Å². The van der Waals surface area contributed by atoms with Crippen molar-refractivity contribution in [2.24, 2.45) is 0 Å². The maximum Gasteiger partial charge on any atom is 0.306 e. The summed E-state index contributed by atoms with van der Waals surface area (Å²) in [5.74, 6) is -1.16. The van der Waals surface area contributed by atoms with E-state index in [4.69, 9.17) is 16.3 Å². The minimum absolute atomic E-state index is 0.0699. The van der Waals surface area contributed by atoms with E-state index in [1.807, 2.05) is 30.3 Å². The summed E-state index contributed by atoms with van der Waals surface area (Å²) in [5, 5.41) is 12.7. The number of esters is 1. The van der Waals surface area contributed by atoms with Gasteiger partial charge in [0.25, 0.3) is 0 Å². The summed E-state index contributed by atoms with van der Waals surface area (Å²) in [5.41, 5.74) is 1.20. The number of halogens is 2. The lowest BCUT2D eigenvalue weighted by Gasteiger charge is -2.11. The number of hydrogen-bond donors (Lipinski definition) is 1. The SMILES string of the molecule is CCOC(=O)CCC(=O)c1nc(-c2ccc(Cl)c3ccccc23)cc(Br)c1O. The highest BCUT2D eigenvalue weighted by Crippen LogP contribution is 2.36. The van der Waals surface area contributed by atoms with Crippen LogP contribution in [-0.2, 0) is 9.53 Å². The van der Waals surface area contributed by atoms with E-state index in [-0.39, 0.29) is 30.9 Å². The molecular weight excluding hydrogens is 446 g/mol. The van der Waals surface area contributed by atoms with Gasteiger partial charge in [-0.25, -0.2) is 4.98 Å². The smallest absolute Gasteiger partial charge is 0.306 e. The van der Waals surface area contributed by atoms with Crippen molar-refractivity contribution in [1.82, 2.24) is 4.98 Å². The first kappa shape index (κ1) is 20.3. The standard InChI is InChI=1S/C21H17BrClNO4/c1-2-28-19(26)10-9-18(25)20-21(27)15(22)11-17(24-20)14-7-8-16(23)13-6-4-3-5-12(13)14/h3-8,11,27H,2,9-10H2,1H3. The average molecular weight is 463 g/mol. The molecule has 0 saturated heterocycles. The third-order valence-corrected chi connectivity index (χ3v) is 5.15. The van der Waals surface area contributed by atoms with Crippen LogP contribution in [0.1, 0.15) is 30.3 Å². The van der Waals surface area contributed by atoms with E-state index in [1.165, 1.54) is 0 Å². The minimum atomic E-state index is -0.464. The summed E-state index contributed by atoms with van der Waals surface area (Å²) in [4.78, 5) is 28.5. The molecule has 3 rings (SSSR count). The number of carbonyl (C=O) groups excluding carboxylic acids is 2. The number of ketones is 1. The van der Waals surface area contributed by atoms with Crippen molar-refractivity contribution in [3.63, 3.8) is 0 Å². The molecule has 0 saturated carbocycles. The molecule has 144 valence electrons. The van der Waals surface area contributed by atoms with Gasteiger partial charge in [0, 0.05) is 22.4 Å². The van der Waals surface area contributed by atoms with E-state index < -0.39 is 11.8 Å². The van der Waals surface area contributed by atoms with Gasteiger partial charge in [0.1, 0.15) is 5.69 Å². The summed E-state index contributed by atoms with van der Waals surface area (Å²) in [7, 11) is 0. The van der Waals surface area contributed by atoms with Gasteiger partial charge >= 0.3 is 5.97 Å². The zero-order chi connectivity index (χ0) is 20.3. The highest BCUT2D eigenvalue weighted by Gasteiger charge is 2.20. The molecule has 5 nitrogen and oxygen atoms in total. The number of fused-ring (bicyclic) bond motifs is 1. The number of rotatable bonds is 6. The molecule has 1 N–H and O–H groups in total. The van der Waals surface area contributed by atoms with Crippen molar-refractivity contribution in [3.05, 3.63) is 57.7 Å². The maximum absolute atomic E-state index is 12.6. The van der Waals surface area contributed by atoms with Gasteiger partial charge in [-0.2, -0.15) is 0 Å². The first-order valence-electron chi connectivity index (χ1n) is 8.68. The summed E-state index contributed by atoms with van der Waals surface area (Å²) in [6.07, 6.45) is -0.170. The number of pyridine rings is 1. The molecule has 0 bridgehead atoms. The summed E-state index contributed by atoms with van der Waals surface area (Å²) in [6, 6.07) is 12.8. The van der Waals surface area contributed by atoms with E-state index >= 15 is 0 Å². The Bertz CT molecular complexity index is 1070. The summed E-state index contributed by atoms with van der Waals surface area (Å²) < 4.78 is 5.18. The van der Waals surface area contributed by atoms with Crippen LogP contribution in [0.3, 0.4) is 0 Å². The molecule has 1 aromatic heterocycles. The monoisotopic (exact) mass is 461 g/mol. The molecule has 0 unspecified atom stereocenters. The molecule has 0 radical (unpaired) electrons.